The summed E-state index contributed by atoms with van der Waals surface area (Å²) in [6.45, 7) is 5.51. The van der Waals surface area contributed by atoms with Gasteiger partial charge < -0.3 is 0 Å². The Kier molecular flexibility index (Phi) is 3.86. The number of primary sulfonamides is 1. The second-order valence-corrected chi connectivity index (χ2v) is 6.58. The molecule has 108 valence electrons. The van der Waals surface area contributed by atoms with Gasteiger partial charge in [-0.1, -0.05) is 23.7 Å². The Bertz CT molecular complexity index is 753. The van der Waals surface area contributed by atoms with Crippen molar-refractivity contribution in [3.63, 3.8) is 0 Å². The van der Waals surface area contributed by atoms with E-state index in [1.54, 1.807) is 6.07 Å². The Labute approximate surface area is 122 Å². The zero-order valence-electron chi connectivity index (χ0n) is 11.3. The zero-order chi connectivity index (χ0) is 15.1. The van der Waals surface area contributed by atoms with Crippen molar-refractivity contribution in [2.24, 2.45) is 5.14 Å². The van der Waals surface area contributed by atoms with Crippen molar-refractivity contribution in [2.75, 3.05) is 0 Å². The fraction of sp³-hybridized carbons (Fsp3) is 0.333. The molecule has 0 aliphatic carbocycles. The van der Waals surface area contributed by atoms with E-state index in [0.717, 1.165) is 5.56 Å². The second-order valence-electron chi connectivity index (χ2n) is 4.75. The van der Waals surface area contributed by atoms with E-state index in [4.69, 9.17) is 16.7 Å². The van der Waals surface area contributed by atoms with Gasteiger partial charge in [0, 0.05) is 11.6 Å². The van der Waals surface area contributed by atoms with Crippen LogP contribution in [-0.2, 0) is 10.0 Å². The number of nitrogens with two attached hydrogens (primary N) is 1. The third-order valence-electron chi connectivity index (χ3n) is 2.87. The second kappa shape index (κ2) is 5.16. The number of halogens is 1. The number of aromatic nitrogens is 3. The van der Waals surface area contributed by atoms with Gasteiger partial charge in [0.05, 0.1) is 5.02 Å². The Morgan fingerprint density at radius 1 is 1.30 bits per heavy atom. The summed E-state index contributed by atoms with van der Waals surface area (Å²) in [6, 6.07) is 5.28. The highest BCUT2D eigenvalue weighted by Gasteiger charge is 2.24. The first-order chi connectivity index (χ1) is 9.23. The van der Waals surface area contributed by atoms with Crippen molar-refractivity contribution >= 4 is 21.6 Å². The number of sulfonamides is 1. The number of hydrogen-bond donors (Lipinski definition) is 1. The molecule has 0 saturated heterocycles. The zero-order valence-corrected chi connectivity index (χ0v) is 12.9. The molecule has 2 rings (SSSR count). The summed E-state index contributed by atoms with van der Waals surface area (Å²) >= 11 is 6.27. The minimum absolute atomic E-state index is 0.176. The molecule has 1 aromatic heterocycles. The van der Waals surface area contributed by atoms with Gasteiger partial charge in [-0.2, -0.15) is 0 Å². The predicted molar refractivity (Wildman–Crippen MR) is 77.0 cm³/mol. The average Bonchev–Trinajstić information content (AvgIpc) is 2.77. The van der Waals surface area contributed by atoms with Crippen LogP contribution in [0.25, 0.3) is 11.4 Å². The Hall–Kier alpha value is -1.44. The van der Waals surface area contributed by atoms with Gasteiger partial charge in [0.1, 0.15) is 0 Å². The van der Waals surface area contributed by atoms with Crippen molar-refractivity contribution in [3.05, 3.63) is 28.8 Å². The minimum Gasteiger partial charge on any atom is -0.294 e. The minimum atomic E-state index is -3.94. The lowest BCUT2D eigenvalue weighted by Crippen LogP contribution is -2.20. The maximum atomic E-state index is 11.6. The molecule has 0 atom stereocenters. The number of benzene rings is 1. The van der Waals surface area contributed by atoms with Crippen LogP contribution >= 0.6 is 11.6 Å². The first-order valence-corrected chi connectivity index (χ1v) is 7.89. The van der Waals surface area contributed by atoms with Crippen molar-refractivity contribution in [3.8, 4) is 11.4 Å². The molecule has 1 heterocycles. The van der Waals surface area contributed by atoms with Crippen LogP contribution in [0.3, 0.4) is 0 Å². The summed E-state index contributed by atoms with van der Waals surface area (Å²) < 4.78 is 24.6. The summed E-state index contributed by atoms with van der Waals surface area (Å²) in [5.74, 6) is 0.387. The van der Waals surface area contributed by atoms with E-state index < -0.39 is 10.0 Å². The van der Waals surface area contributed by atoms with E-state index in [0.29, 0.717) is 16.4 Å². The normalized spacial score (nSPS) is 12.1. The molecule has 0 amide bonds. The van der Waals surface area contributed by atoms with Crippen LogP contribution in [0.15, 0.2) is 23.4 Å². The SMILES string of the molecule is Cc1cccc(-c2nnc(S(N)(=O)=O)n2C(C)C)c1Cl. The fourth-order valence-corrected chi connectivity index (χ4v) is 2.88. The van der Waals surface area contributed by atoms with Crippen LogP contribution < -0.4 is 5.14 Å². The van der Waals surface area contributed by atoms with E-state index in [-0.39, 0.29) is 11.2 Å². The molecule has 0 spiro atoms. The smallest absolute Gasteiger partial charge is 0.273 e. The van der Waals surface area contributed by atoms with Gasteiger partial charge in [-0.25, -0.2) is 13.6 Å². The summed E-state index contributed by atoms with van der Waals surface area (Å²) in [7, 11) is -3.94. The highest BCUT2D eigenvalue weighted by molar-refractivity contribution is 7.89. The molecule has 8 heteroatoms. The van der Waals surface area contributed by atoms with Gasteiger partial charge in [-0.05, 0) is 32.4 Å². The van der Waals surface area contributed by atoms with Crippen LogP contribution in [0.2, 0.25) is 5.02 Å². The molecule has 6 nitrogen and oxygen atoms in total. The van der Waals surface area contributed by atoms with Gasteiger partial charge >= 0.3 is 0 Å². The largest absolute Gasteiger partial charge is 0.294 e. The Balaban J connectivity index is 2.76. The predicted octanol–water partition coefficient (Wildman–Crippen LogP) is 2.14. The summed E-state index contributed by atoms with van der Waals surface area (Å²) in [5, 5.41) is 13.1. The quantitative estimate of drug-likeness (QED) is 0.939. The summed E-state index contributed by atoms with van der Waals surface area (Å²) in [4.78, 5) is 0. The molecular formula is C12H15ClN4O2S. The van der Waals surface area contributed by atoms with Gasteiger partial charge in [0.15, 0.2) is 5.82 Å². The van der Waals surface area contributed by atoms with Gasteiger partial charge in [0.25, 0.3) is 15.2 Å². The van der Waals surface area contributed by atoms with Gasteiger partial charge in [-0.3, -0.25) is 4.57 Å². The number of nitrogens with zero attached hydrogens (tertiary/aromatic N) is 3. The summed E-state index contributed by atoms with van der Waals surface area (Å²) in [5.41, 5.74) is 1.50. The van der Waals surface area contributed by atoms with E-state index in [1.807, 2.05) is 32.9 Å². The highest BCUT2D eigenvalue weighted by atomic mass is 35.5. The van der Waals surface area contributed by atoms with Crippen molar-refractivity contribution < 1.29 is 8.42 Å². The van der Waals surface area contributed by atoms with Crippen LogP contribution in [0.4, 0.5) is 0 Å². The number of hydrogen-bond acceptors (Lipinski definition) is 4. The van der Waals surface area contributed by atoms with Crippen LogP contribution in [0, 0.1) is 6.92 Å². The monoisotopic (exact) mass is 314 g/mol. The van der Waals surface area contributed by atoms with E-state index >= 15 is 0 Å². The molecule has 0 radical (unpaired) electrons. The van der Waals surface area contributed by atoms with Gasteiger partial charge in [0.2, 0.25) is 0 Å². The molecule has 0 bridgehead atoms. The molecule has 2 N–H and O–H groups in total. The molecular weight excluding hydrogens is 300 g/mol. The third kappa shape index (κ3) is 2.56. The topological polar surface area (TPSA) is 90.9 Å². The van der Waals surface area contributed by atoms with E-state index in [1.165, 1.54) is 4.57 Å². The lowest BCUT2D eigenvalue weighted by molar-refractivity contribution is 0.524. The molecule has 1 aromatic carbocycles. The molecule has 0 fully saturated rings. The maximum absolute atomic E-state index is 11.6. The van der Waals surface area contributed by atoms with Gasteiger partial charge in [-0.15, -0.1) is 10.2 Å². The lowest BCUT2D eigenvalue weighted by atomic mass is 10.1. The van der Waals surface area contributed by atoms with Crippen molar-refractivity contribution in [1.29, 1.82) is 0 Å². The summed E-state index contributed by atoms with van der Waals surface area (Å²) in [6.07, 6.45) is 0. The van der Waals surface area contributed by atoms with Crippen molar-refractivity contribution in [2.45, 2.75) is 32.0 Å². The number of rotatable bonds is 3. The molecule has 0 aliphatic rings. The lowest BCUT2D eigenvalue weighted by Gasteiger charge is -2.14. The average molecular weight is 315 g/mol. The molecule has 0 saturated carbocycles. The standard InChI is InChI=1S/C12H15ClN4O2S/c1-7(2)17-11(15-16-12(17)20(14,18)19)9-6-4-5-8(3)10(9)13/h4-7H,1-3H3,(H2,14,18,19). The molecule has 0 aliphatic heterocycles. The number of aryl methyl sites for hydroxylation is 1. The third-order valence-corrected chi connectivity index (χ3v) is 4.16. The van der Waals surface area contributed by atoms with E-state index in [9.17, 15) is 8.42 Å². The first-order valence-electron chi connectivity index (χ1n) is 5.96. The maximum Gasteiger partial charge on any atom is 0.273 e. The molecule has 0 unspecified atom stereocenters. The van der Waals surface area contributed by atoms with Crippen molar-refractivity contribution in [1.82, 2.24) is 14.8 Å². The first kappa shape index (κ1) is 15.0. The highest BCUT2D eigenvalue weighted by Crippen LogP contribution is 2.31. The van der Waals surface area contributed by atoms with Crippen LogP contribution in [0.5, 0.6) is 0 Å². The molecule has 20 heavy (non-hydrogen) atoms. The van der Waals surface area contributed by atoms with E-state index in [2.05, 4.69) is 10.2 Å². The fourth-order valence-electron chi connectivity index (χ4n) is 1.94. The van der Waals surface area contributed by atoms with Crippen LogP contribution in [-0.4, -0.2) is 23.2 Å². The van der Waals surface area contributed by atoms with Crippen LogP contribution in [0.1, 0.15) is 25.5 Å². The molecule has 2 aromatic rings. The Morgan fingerprint density at radius 2 is 1.95 bits per heavy atom. The Morgan fingerprint density at radius 3 is 2.50 bits per heavy atom.